The highest BCUT2D eigenvalue weighted by Gasteiger charge is 2.22. The highest BCUT2D eigenvalue weighted by Crippen LogP contribution is 2.25. The van der Waals surface area contributed by atoms with Gasteiger partial charge in [-0.1, -0.05) is 26.0 Å². The number of nitrogens with one attached hydrogen (secondary N) is 1. The number of halogens is 1. The monoisotopic (exact) mass is 253 g/mol. The van der Waals surface area contributed by atoms with Crippen molar-refractivity contribution < 1.29 is 9.13 Å². The van der Waals surface area contributed by atoms with E-state index in [1.807, 2.05) is 6.07 Å². The van der Waals surface area contributed by atoms with Gasteiger partial charge in [0, 0.05) is 20.2 Å². The number of rotatable bonds is 8. The van der Waals surface area contributed by atoms with Crippen molar-refractivity contribution in [3.05, 3.63) is 35.6 Å². The molecular weight excluding hydrogens is 229 g/mol. The van der Waals surface area contributed by atoms with E-state index in [1.54, 1.807) is 19.2 Å². The largest absolute Gasteiger partial charge is 0.383 e. The number of methoxy groups -OCH3 is 1. The lowest BCUT2D eigenvalue weighted by Gasteiger charge is -2.29. The Balaban J connectivity index is 2.53. The molecule has 1 rings (SSSR count). The number of hydrogen-bond acceptors (Lipinski definition) is 2. The third-order valence-electron chi connectivity index (χ3n) is 3.41. The summed E-state index contributed by atoms with van der Waals surface area (Å²) in [5, 5.41) is 3.39. The van der Waals surface area contributed by atoms with Crippen molar-refractivity contribution >= 4 is 0 Å². The van der Waals surface area contributed by atoms with E-state index in [1.165, 1.54) is 6.07 Å². The smallest absolute Gasteiger partial charge is 0.123 e. The molecule has 0 amide bonds. The van der Waals surface area contributed by atoms with E-state index in [0.29, 0.717) is 0 Å². The third kappa shape index (κ3) is 5.15. The van der Waals surface area contributed by atoms with Gasteiger partial charge in [-0.15, -0.1) is 0 Å². The first-order valence-corrected chi connectivity index (χ1v) is 6.54. The van der Waals surface area contributed by atoms with Crippen LogP contribution in [0.2, 0.25) is 0 Å². The van der Waals surface area contributed by atoms with E-state index in [0.717, 1.165) is 38.1 Å². The molecular formula is C15H24FNO. The van der Waals surface area contributed by atoms with E-state index in [-0.39, 0.29) is 11.2 Å². The van der Waals surface area contributed by atoms with Crippen LogP contribution in [0.5, 0.6) is 0 Å². The maximum Gasteiger partial charge on any atom is 0.123 e. The molecule has 0 spiro atoms. The van der Waals surface area contributed by atoms with Crippen molar-refractivity contribution in [1.82, 2.24) is 5.32 Å². The van der Waals surface area contributed by atoms with Gasteiger partial charge >= 0.3 is 0 Å². The zero-order valence-corrected chi connectivity index (χ0v) is 11.6. The van der Waals surface area contributed by atoms with Crippen LogP contribution in [-0.2, 0) is 11.2 Å². The van der Waals surface area contributed by atoms with Crippen molar-refractivity contribution in [3.63, 3.8) is 0 Å². The molecule has 3 heteroatoms. The summed E-state index contributed by atoms with van der Waals surface area (Å²) in [5.41, 5.74) is 1.22. The topological polar surface area (TPSA) is 21.3 Å². The minimum atomic E-state index is -0.154. The molecule has 0 radical (unpaired) electrons. The summed E-state index contributed by atoms with van der Waals surface area (Å²) in [6.45, 7) is 6.91. The van der Waals surface area contributed by atoms with E-state index in [2.05, 4.69) is 19.2 Å². The van der Waals surface area contributed by atoms with Crippen LogP contribution in [0.25, 0.3) is 0 Å². The number of ether oxygens (including phenoxy) is 1. The molecule has 0 aliphatic rings. The zero-order valence-electron chi connectivity index (χ0n) is 11.6. The van der Waals surface area contributed by atoms with Crippen LogP contribution in [0.1, 0.15) is 25.8 Å². The normalized spacial score (nSPS) is 14.4. The van der Waals surface area contributed by atoms with E-state index in [9.17, 15) is 4.39 Å². The Hall–Kier alpha value is -0.930. The molecule has 18 heavy (non-hydrogen) atoms. The highest BCUT2D eigenvalue weighted by atomic mass is 19.1. The van der Waals surface area contributed by atoms with E-state index < -0.39 is 0 Å². The van der Waals surface area contributed by atoms with Crippen LogP contribution in [0.4, 0.5) is 4.39 Å². The van der Waals surface area contributed by atoms with Crippen molar-refractivity contribution in [3.8, 4) is 0 Å². The van der Waals surface area contributed by atoms with E-state index >= 15 is 0 Å². The fraction of sp³-hybridized carbons (Fsp3) is 0.600. The highest BCUT2D eigenvalue weighted by molar-refractivity contribution is 5.18. The number of hydrogen-bond donors (Lipinski definition) is 1. The Morgan fingerprint density at radius 3 is 2.78 bits per heavy atom. The zero-order chi connectivity index (χ0) is 13.4. The van der Waals surface area contributed by atoms with Gasteiger partial charge in [0.2, 0.25) is 0 Å². The Labute approximate surface area is 110 Å². The predicted molar refractivity (Wildman–Crippen MR) is 73.2 cm³/mol. The minimum Gasteiger partial charge on any atom is -0.383 e. The first-order valence-electron chi connectivity index (χ1n) is 6.54. The molecule has 0 saturated heterocycles. The molecule has 0 aliphatic heterocycles. The lowest BCUT2D eigenvalue weighted by atomic mass is 9.81. The molecule has 1 N–H and O–H groups in total. The average Bonchev–Trinajstić information content (AvgIpc) is 2.35. The van der Waals surface area contributed by atoms with Gasteiger partial charge in [-0.2, -0.15) is 0 Å². The predicted octanol–water partition coefficient (Wildman–Crippen LogP) is 3.02. The second kappa shape index (κ2) is 7.49. The first-order chi connectivity index (χ1) is 8.59. The second-order valence-corrected chi connectivity index (χ2v) is 5.14. The van der Waals surface area contributed by atoms with Crippen molar-refractivity contribution in [2.75, 3.05) is 26.8 Å². The molecule has 0 saturated carbocycles. The molecule has 1 aromatic rings. The van der Waals surface area contributed by atoms with Gasteiger partial charge in [-0.3, -0.25) is 0 Å². The summed E-state index contributed by atoms with van der Waals surface area (Å²) >= 11 is 0. The summed E-state index contributed by atoms with van der Waals surface area (Å²) in [6, 6.07) is 6.89. The van der Waals surface area contributed by atoms with Crippen molar-refractivity contribution in [1.29, 1.82) is 0 Å². The standard InChI is InChI=1S/C15H24FNO/c1-4-15(2,12-17-8-9-18-3)11-13-6-5-7-14(16)10-13/h5-7,10,17H,4,8-9,11-12H2,1-3H3. The van der Waals surface area contributed by atoms with Crippen LogP contribution in [0.15, 0.2) is 24.3 Å². The Bertz CT molecular complexity index is 356. The second-order valence-electron chi connectivity index (χ2n) is 5.14. The molecule has 102 valence electrons. The molecule has 2 nitrogen and oxygen atoms in total. The fourth-order valence-electron chi connectivity index (χ4n) is 2.02. The van der Waals surface area contributed by atoms with Crippen LogP contribution < -0.4 is 5.32 Å². The van der Waals surface area contributed by atoms with Gasteiger partial charge in [0.05, 0.1) is 6.61 Å². The quantitative estimate of drug-likeness (QED) is 0.719. The maximum absolute atomic E-state index is 13.2. The van der Waals surface area contributed by atoms with Crippen LogP contribution in [0.3, 0.4) is 0 Å². The Morgan fingerprint density at radius 2 is 2.17 bits per heavy atom. The fourth-order valence-corrected chi connectivity index (χ4v) is 2.02. The van der Waals surface area contributed by atoms with Gasteiger partial charge < -0.3 is 10.1 Å². The van der Waals surface area contributed by atoms with Crippen LogP contribution >= 0.6 is 0 Å². The summed E-state index contributed by atoms with van der Waals surface area (Å²) in [7, 11) is 1.70. The Morgan fingerprint density at radius 1 is 1.39 bits per heavy atom. The molecule has 1 unspecified atom stereocenters. The summed E-state index contributed by atoms with van der Waals surface area (Å²) in [6.07, 6.45) is 1.95. The van der Waals surface area contributed by atoms with Gasteiger partial charge in [0.1, 0.15) is 5.82 Å². The van der Waals surface area contributed by atoms with Gasteiger partial charge in [0.15, 0.2) is 0 Å². The Kier molecular flexibility index (Phi) is 6.30. The van der Waals surface area contributed by atoms with Crippen LogP contribution in [-0.4, -0.2) is 26.8 Å². The summed E-state index contributed by atoms with van der Waals surface area (Å²) in [5.74, 6) is -0.154. The average molecular weight is 253 g/mol. The molecule has 0 aliphatic carbocycles. The van der Waals surface area contributed by atoms with Gasteiger partial charge in [-0.25, -0.2) is 4.39 Å². The molecule has 1 aromatic carbocycles. The lowest BCUT2D eigenvalue weighted by molar-refractivity contribution is 0.191. The summed E-state index contributed by atoms with van der Waals surface area (Å²) < 4.78 is 18.2. The molecule has 0 heterocycles. The number of benzene rings is 1. The molecule has 0 aromatic heterocycles. The summed E-state index contributed by atoms with van der Waals surface area (Å²) in [4.78, 5) is 0. The molecule has 1 atom stereocenters. The van der Waals surface area contributed by atoms with Crippen molar-refractivity contribution in [2.24, 2.45) is 5.41 Å². The maximum atomic E-state index is 13.2. The van der Waals surface area contributed by atoms with Gasteiger partial charge in [0.25, 0.3) is 0 Å². The van der Waals surface area contributed by atoms with Crippen LogP contribution in [0, 0.1) is 11.2 Å². The minimum absolute atomic E-state index is 0.154. The van der Waals surface area contributed by atoms with Crippen molar-refractivity contribution in [2.45, 2.75) is 26.7 Å². The SMILES string of the molecule is CCC(C)(CNCCOC)Cc1cccc(F)c1. The molecule has 0 fully saturated rings. The molecule has 0 bridgehead atoms. The first kappa shape index (κ1) is 15.1. The van der Waals surface area contributed by atoms with E-state index in [4.69, 9.17) is 4.74 Å². The third-order valence-corrected chi connectivity index (χ3v) is 3.41. The lowest BCUT2D eigenvalue weighted by Crippen LogP contribution is -2.34. The van der Waals surface area contributed by atoms with Gasteiger partial charge in [-0.05, 0) is 36.0 Å².